The molecule has 1 fully saturated rings. The SMILES string of the molecule is CN(C(=O)Cc1ccccc1N(SC(=O)O)SC(=O)O)[C@H](CN1CCCC1)c1ccccc1. The molecule has 0 spiro atoms. The van der Waals surface area contributed by atoms with Crippen LogP contribution in [0.3, 0.4) is 0 Å². The van der Waals surface area contributed by atoms with E-state index in [1.54, 1.807) is 36.2 Å². The second kappa shape index (κ2) is 12.0. The van der Waals surface area contributed by atoms with Gasteiger partial charge in [-0.3, -0.25) is 4.79 Å². The Kier molecular flexibility index (Phi) is 9.04. The van der Waals surface area contributed by atoms with E-state index in [9.17, 15) is 24.6 Å². The van der Waals surface area contributed by atoms with Crippen LogP contribution in [-0.4, -0.2) is 63.2 Å². The molecule has 0 saturated carbocycles. The van der Waals surface area contributed by atoms with Gasteiger partial charge in [0.15, 0.2) is 0 Å². The third-order valence-corrected chi connectivity index (χ3v) is 7.01. The fraction of sp³-hybridized carbons (Fsp3) is 0.348. The quantitative estimate of drug-likeness (QED) is 0.472. The molecule has 0 bridgehead atoms. The van der Waals surface area contributed by atoms with Crippen molar-refractivity contribution < 1.29 is 24.6 Å². The van der Waals surface area contributed by atoms with E-state index in [4.69, 9.17) is 0 Å². The first-order valence-electron chi connectivity index (χ1n) is 10.6. The summed E-state index contributed by atoms with van der Waals surface area (Å²) >= 11 is 0.711. The van der Waals surface area contributed by atoms with Crippen LogP contribution in [0.25, 0.3) is 0 Å². The summed E-state index contributed by atoms with van der Waals surface area (Å²) in [5, 5.41) is 15.9. The molecular weight excluding hydrogens is 462 g/mol. The van der Waals surface area contributed by atoms with Crippen molar-refractivity contribution in [3.05, 3.63) is 65.7 Å². The van der Waals surface area contributed by atoms with E-state index in [1.807, 2.05) is 30.3 Å². The second-order valence-electron chi connectivity index (χ2n) is 7.72. The molecule has 8 nitrogen and oxygen atoms in total. The van der Waals surface area contributed by atoms with E-state index in [0.29, 0.717) is 35.1 Å². The van der Waals surface area contributed by atoms with Crippen LogP contribution in [0, 0.1) is 0 Å². The number of amides is 1. The maximum Gasteiger partial charge on any atom is 0.386 e. The number of carboxylic acid groups (broad SMARTS) is 2. The van der Waals surface area contributed by atoms with Crippen LogP contribution in [0.4, 0.5) is 15.3 Å². The first kappa shape index (κ1) is 24.9. The summed E-state index contributed by atoms with van der Waals surface area (Å²) in [5.74, 6) is -0.129. The molecule has 1 atom stereocenters. The third kappa shape index (κ3) is 7.15. The van der Waals surface area contributed by atoms with Gasteiger partial charge in [0.25, 0.3) is 0 Å². The predicted octanol–water partition coefficient (Wildman–Crippen LogP) is 4.98. The van der Waals surface area contributed by atoms with Crippen molar-refractivity contribution in [2.45, 2.75) is 25.3 Å². The van der Waals surface area contributed by atoms with Crippen molar-refractivity contribution in [1.29, 1.82) is 0 Å². The number of hydrogen-bond donors (Lipinski definition) is 2. The fourth-order valence-corrected chi connectivity index (χ4v) is 5.26. The van der Waals surface area contributed by atoms with Gasteiger partial charge in [-0.25, -0.2) is 13.3 Å². The third-order valence-electron chi connectivity index (χ3n) is 5.53. The Morgan fingerprint density at radius 3 is 2.12 bits per heavy atom. The summed E-state index contributed by atoms with van der Waals surface area (Å²) in [5.41, 5.74) is 1.98. The van der Waals surface area contributed by atoms with Gasteiger partial charge in [-0.15, -0.1) is 0 Å². The summed E-state index contributed by atoms with van der Waals surface area (Å²) in [6, 6.07) is 16.6. The normalized spacial score (nSPS) is 14.6. The maximum atomic E-state index is 13.4. The van der Waals surface area contributed by atoms with Gasteiger partial charge in [0.2, 0.25) is 5.91 Å². The Hall–Kier alpha value is -2.69. The zero-order valence-corrected chi connectivity index (χ0v) is 19.9. The van der Waals surface area contributed by atoms with Gasteiger partial charge in [-0.2, -0.15) is 0 Å². The molecule has 10 heteroatoms. The average Bonchev–Trinajstić information content (AvgIpc) is 3.30. The van der Waals surface area contributed by atoms with Crippen molar-refractivity contribution >= 4 is 46.1 Å². The molecule has 0 aliphatic carbocycles. The molecule has 176 valence electrons. The number of rotatable bonds is 9. The summed E-state index contributed by atoms with van der Waals surface area (Å²) in [4.78, 5) is 40.0. The smallest absolute Gasteiger partial charge is 0.386 e. The number of likely N-dealkylation sites (tertiary alicyclic amines) is 1. The number of para-hydroxylation sites is 1. The number of carbonyl (C=O) groups excluding carboxylic acids is 1. The van der Waals surface area contributed by atoms with Crippen molar-refractivity contribution in [1.82, 2.24) is 9.80 Å². The van der Waals surface area contributed by atoms with E-state index in [1.165, 1.54) is 0 Å². The minimum absolute atomic E-state index is 0.0207. The molecule has 2 aromatic carbocycles. The van der Waals surface area contributed by atoms with Crippen LogP contribution in [-0.2, 0) is 11.2 Å². The number of carbonyl (C=O) groups is 3. The van der Waals surface area contributed by atoms with Gasteiger partial charge in [0, 0.05) is 13.6 Å². The molecule has 3 rings (SSSR count). The van der Waals surface area contributed by atoms with Crippen LogP contribution >= 0.6 is 23.9 Å². The monoisotopic (exact) mass is 489 g/mol. The van der Waals surface area contributed by atoms with Crippen LogP contribution < -0.4 is 3.71 Å². The lowest BCUT2D eigenvalue weighted by molar-refractivity contribution is -0.131. The number of hydrogen-bond acceptors (Lipinski definition) is 7. The lowest BCUT2D eigenvalue weighted by Crippen LogP contribution is -2.39. The van der Waals surface area contributed by atoms with Gasteiger partial charge in [0.1, 0.15) is 0 Å². The maximum absolute atomic E-state index is 13.4. The largest absolute Gasteiger partial charge is 0.472 e. The predicted molar refractivity (Wildman–Crippen MR) is 131 cm³/mol. The summed E-state index contributed by atoms with van der Waals surface area (Å²) in [7, 11) is 1.79. The van der Waals surface area contributed by atoms with E-state index in [-0.39, 0.29) is 18.4 Å². The molecule has 0 aromatic heterocycles. The Balaban J connectivity index is 1.82. The zero-order chi connectivity index (χ0) is 23.8. The van der Waals surface area contributed by atoms with E-state index >= 15 is 0 Å². The highest BCUT2D eigenvalue weighted by Gasteiger charge is 2.27. The number of likely N-dealkylation sites (N-methyl/N-ethyl adjacent to an activating group) is 1. The standard InChI is InChI=1S/C23H27N3O5S2/c1-24(20(16-25-13-7-8-14-25)17-9-3-2-4-10-17)21(27)15-18-11-5-6-12-19(18)26(32-22(28)29)33-23(30)31/h2-6,9-12,20H,7-8,13-16H2,1H3,(H,28,29)(H,30,31)/t20-/m1/s1. The topological polar surface area (TPSA) is 101 Å². The Labute approximate surface area is 201 Å². The second-order valence-corrected chi connectivity index (χ2v) is 9.74. The molecule has 1 aliphatic heterocycles. The molecule has 1 amide bonds. The van der Waals surface area contributed by atoms with Crippen molar-refractivity contribution in [3.63, 3.8) is 0 Å². The highest BCUT2D eigenvalue weighted by atomic mass is 32.2. The van der Waals surface area contributed by atoms with Crippen LogP contribution in [0.5, 0.6) is 0 Å². The van der Waals surface area contributed by atoms with Crippen LogP contribution in [0.15, 0.2) is 54.6 Å². The summed E-state index contributed by atoms with van der Waals surface area (Å²) in [6.07, 6.45) is 2.34. The number of benzene rings is 2. The lowest BCUT2D eigenvalue weighted by Gasteiger charge is -2.32. The van der Waals surface area contributed by atoms with E-state index in [0.717, 1.165) is 41.7 Å². The van der Waals surface area contributed by atoms with Crippen molar-refractivity contribution in [2.75, 3.05) is 30.4 Å². The molecule has 1 aliphatic rings. The molecule has 1 saturated heterocycles. The molecule has 0 radical (unpaired) electrons. The van der Waals surface area contributed by atoms with Crippen LogP contribution in [0.1, 0.15) is 30.0 Å². The first-order valence-corrected chi connectivity index (χ1v) is 12.1. The highest BCUT2D eigenvalue weighted by Crippen LogP contribution is 2.35. The first-order chi connectivity index (χ1) is 15.8. The van der Waals surface area contributed by atoms with Crippen molar-refractivity contribution in [3.8, 4) is 0 Å². The Morgan fingerprint density at radius 1 is 0.939 bits per heavy atom. The summed E-state index contributed by atoms with van der Waals surface area (Å²) in [6.45, 7) is 2.77. The van der Waals surface area contributed by atoms with Gasteiger partial charge in [-0.05, 0) is 43.1 Å². The van der Waals surface area contributed by atoms with Gasteiger partial charge >= 0.3 is 10.6 Å². The summed E-state index contributed by atoms with van der Waals surface area (Å²) < 4.78 is 1.10. The van der Waals surface area contributed by atoms with E-state index in [2.05, 4.69) is 4.90 Å². The molecule has 2 N–H and O–H groups in total. The number of nitrogens with zero attached hydrogens (tertiary/aromatic N) is 3. The minimum Gasteiger partial charge on any atom is -0.472 e. The van der Waals surface area contributed by atoms with Crippen molar-refractivity contribution in [2.24, 2.45) is 0 Å². The molecule has 33 heavy (non-hydrogen) atoms. The Morgan fingerprint density at radius 2 is 1.52 bits per heavy atom. The molecule has 1 heterocycles. The van der Waals surface area contributed by atoms with E-state index < -0.39 is 10.6 Å². The molecule has 2 aromatic rings. The highest BCUT2D eigenvalue weighted by molar-refractivity contribution is 8.30. The van der Waals surface area contributed by atoms with Crippen LogP contribution in [0.2, 0.25) is 0 Å². The number of anilines is 1. The Bertz CT molecular complexity index is 954. The van der Waals surface area contributed by atoms with Gasteiger partial charge in [0.05, 0.1) is 42.0 Å². The lowest BCUT2D eigenvalue weighted by atomic mass is 10.0. The fourth-order valence-electron chi connectivity index (χ4n) is 3.90. The minimum atomic E-state index is -1.24. The zero-order valence-electron chi connectivity index (χ0n) is 18.3. The molecule has 0 unspecified atom stereocenters. The molecular formula is C23H27N3O5S2. The van der Waals surface area contributed by atoms with Gasteiger partial charge < -0.3 is 20.0 Å². The average molecular weight is 490 g/mol. The van der Waals surface area contributed by atoms with Gasteiger partial charge in [-0.1, -0.05) is 48.5 Å².